The van der Waals surface area contributed by atoms with Crippen molar-refractivity contribution < 1.29 is 9.53 Å². The molecule has 2 rings (SSSR count). The van der Waals surface area contributed by atoms with Crippen LogP contribution in [0, 0.1) is 20.8 Å². The highest BCUT2D eigenvalue weighted by molar-refractivity contribution is 5.74. The van der Waals surface area contributed by atoms with E-state index in [2.05, 4.69) is 43.2 Å². The molecule has 0 bridgehead atoms. The van der Waals surface area contributed by atoms with Crippen molar-refractivity contribution in [1.29, 1.82) is 0 Å². The molecule has 0 aliphatic carbocycles. The van der Waals surface area contributed by atoms with Crippen LogP contribution < -0.4 is 10.1 Å². The van der Waals surface area contributed by atoms with E-state index in [1.807, 2.05) is 11.8 Å². The van der Waals surface area contributed by atoms with Gasteiger partial charge in [0.2, 0.25) is 0 Å². The summed E-state index contributed by atoms with van der Waals surface area (Å²) in [6, 6.07) is 4.20. The van der Waals surface area contributed by atoms with Crippen molar-refractivity contribution in [2.45, 2.75) is 20.8 Å². The number of amides is 2. The van der Waals surface area contributed by atoms with Crippen LogP contribution in [0.2, 0.25) is 0 Å². The molecule has 1 aliphatic rings. The van der Waals surface area contributed by atoms with Gasteiger partial charge < -0.3 is 19.9 Å². The molecule has 0 saturated carbocycles. The van der Waals surface area contributed by atoms with E-state index in [0.717, 1.165) is 37.5 Å². The minimum Gasteiger partial charge on any atom is -0.491 e. The Labute approximate surface area is 133 Å². The summed E-state index contributed by atoms with van der Waals surface area (Å²) in [6.45, 7) is 10.7. The zero-order valence-corrected chi connectivity index (χ0v) is 14.1. The molecule has 1 fully saturated rings. The Balaban J connectivity index is 1.73. The summed E-state index contributed by atoms with van der Waals surface area (Å²) < 4.78 is 5.79. The smallest absolute Gasteiger partial charge is 0.317 e. The van der Waals surface area contributed by atoms with Gasteiger partial charge in [0.1, 0.15) is 12.4 Å². The number of hydrogen-bond acceptors (Lipinski definition) is 3. The molecule has 122 valence electrons. The lowest BCUT2D eigenvalue weighted by molar-refractivity contribution is 0.153. The van der Waals surface area contributed by atoms with Gasteiger partial charge in [0, 0.05) is 26.2 Å². The standard InChI is InChI=1S/C17H27N3O2/c1-13-11-15(3)16(12-14(13)2)22-10-5-18-17(21)20-8-6-19(4)7-9-20/h11-12H,5-10H2,1-4H3,(H,18,21). The van der Waals surface area contributed by atoms with Crippen LogP contribution in [0.3, 0.4) is 0 Å². The van der Waals surface area contributed by atoms with Gasteiger partial charge in [-0.2, -0.15) is 0 Å². The Bertz CT molecular complexity index is 523. The second-order valence-electron chi connectivity index (χ2n) is 6.07. The number of likely N-dealkylation sites (N-methyl/N-ethyl adjacent to an activating group) is 1. The van der Waals surface area contributed by atoms with Gasteiger partial charge in [0.15, 0.2) is 0 Å². The number of rotatable bonds is 4. The Hall–Kier alpha value is -1.75. The minimum absolute atomic E-state index is 0.00788. The zero-order chi connectivity index (χ0) is 16.1. The fourth-order valence-electron chi connectivity index (χ4n) is 2.53. The van der Waals surface area contributed by atoms with Crippen molar-refractivity contribution in [1.82, 2.24) is 15.1 Å². The summed E-state index contributed by atoms with van der Waals surface area (Å²) in [4.78, 5) is 16.1. The number of nitrogens with one attached hydrogen (secondary N) is 1. The molecule has 1 aliphatic heterocycles. The van der Waals surface area contributed by atoms with Crippen molar-refractivity contribution in [3.63, 3.8) is 0 Å². The average Bonchev–Trinajstić information content (AvgIpc) is 2.49. The molecular formula is C17H27N3O2. The number of aryl methyl sites for hydroxylation is 3. The lowest BCUT2D eigenvalue weighted by Crippen LogP contribution is -2.51. The molecule has 1 N–H and O–H groups in total. The maximum atomic E-state index is 12.0. The van der Waals surface area contributed by atoms with Crippen LogP contribution in [-0.2, 0) is 0 Å². The largest absolute Gasteiger partial charge is 0.491 e. The number of hydrogen-bond donors (Lipinski definition) is 1. The second-order valence-corrected chi connectivity index (χ2v) is 6.07. The van der Waals surface area contributed by atoms with Crippen LogP contribution in [-0.4, -0.2) is 62.2 Å². The van der Waals surface area contributed by atoms with Crippen LogP contribution in [0.5, 0.6) is 5.75 Å². The third-order valence-corrected chi connectivity index (χ3v) is 4.22. The third-order valence-electron chi connectivity index (χ3n) is 4.22. The molecule has 2 amide bonds. The molecule has 5 heteroatoms. The van der Waals surface area contributed by atoms with Crippen molar-refractivity contribution in [3.05, 3.63) is 28.8 Å². The molecule has 0 unspecified atom stereocenters. The lowest BCUT2D eigenvalue weighted by Gasteiger charge is -2.32. The summed E-state index contributed by atoms with van der Waals surface area (Å²) in [5.74, 6) is 0.900. The normalized spacial score (nSPS) is 15.7. The van der Waals surface area contributed by atoms with Crippen LogP contribution in [0.4, 0.5) is 4.79 Å². The number of benzene rings is 1. The number of ether oxygens (including phenoxy) is 1. The number of carbonyl (C=O) groups excluding carboxylic acids is 1. The van der Waals surface area contributed by atoms with Crippen LogP contribution in [0.15, 0.2) is 12.1 Å². The van der Waals surface area contributed by atoms with Gasteiger partial charge in [0.25, 0.3) is 0 Å². The fourth-order valence-corrected chi connectivity index (χ4v) is 2.53. The molecule has 1 saturated heterocycles. The molecule has 1 heterocycles. The average molecular weight is 305 g/mol. The van der Waals surface area contributed by atoms with Crippen LogP contribution >= 0.6 is 0 Å². The van der Waals surface area contributed by atoms with Crippen molar-refractivity contribution in [3.8, 4) is 5.75 Å². The van der Waals surface area contributed by atoms with E-state index in [1.165, 1.54) is 11.1 Å². The van der Waals surface area contributed by atoms with Crippen molar-refractivity contribution in [2.24, 2.45) is 0 Å². The third kappa shape index (κ3) is 4.37. The highest BCUT2D eigenvalue weighted by atomic mass is 16.5. The first kappa shape index (κ1) is 16.6. The fraction of sp³-hybridized carbons (Fsp3) is 0.588. The first-order valence-electron chi connectivity index (χ1n) is 7.89. The van der Waals surface area contributed by atoms with Gasteiger partial charge in [-0.25, -0.2) is 4.79 Å². The second kappa shape index (κ2) is 7.49. The molecule has 22 heavy (non-hydrogen) atoms. The topological polar surface area (TPSA) is 44.8 Å². The quantitative estimate of drug-likeness (QED) is 0.865. The number of piperazine rings is 1. The lowest BCUT2D eigenvalue weighted by atomic mass is 10.1. The predicted octanol–water partition coefficient (Wildman–Crippen LogP) is 1.95. The van der Waals surface area contributed by atoms with E-state index >= 15 is 0 Å². The number of nitrogens with zero attached hydrogens (tertiary/aromatic N) is 2. The van der Waals surface area contributed by atoms with Crippen LogP contribution in [0.1, 0.15) is 16.7 Å². The summed E-state index contributed by atoms with van der Waals surface area (Å²) in [5.41, 5.74) is 3.63. The summed E-state index contributed by atoms with van der Waals surface area (Å²) >= 11 is 0. The molecular weight excluding hydrogens is 278 g/mol. The molecule has 1 aromatic carbocycles. The van der Waals surface area contributed by atoms with Gasteiger partial charge in [-0.3, -0.25) is 0 Å². The van der Waals surface area contributed by atoms with E-state index in [9.17, 15) is 4.79 Å². The summed E-state index contributed by atoms with van der Waals surface area (Å²) in [7, 11) is 2.08. The molecule has 0 aromatic heterocycles. The van der Waals surface area contributed by atoms with Crippen molar-refractivity contribution >= 4 is 6.03 Å². The monoisotopic (exact) mass is 305 g/mol. The molecule has 0 spiro atoms. The Kier molecular flexibility index (Phi) is 5.66. The zero-order valence-electron chi connectivity index (χ0n) is 14.1. The molecule has 0 radical (unpaired) electrons. The number of carbonyl (C=O) groups is 1. The minimum atomic E-state index is 0.00788. The van der Waals surface area contributed by atoms with Gasteiger partial charge in [0.05, 0.1) is 6.54 Å². The van der Waals surface area contributed by atoms with E-state index < -0.39 is 0 Å². The van der Waals surface area contributed by atoms with Gasteiger partial charge in [-0.1, -0.05) is 6.07 Å². The maximum Gasteiger partial charge on any atom is 0.317 e. The highest BCUT2D eigenvalue weighted by Crippen LogP contribution is 2.22. The number of urea groups is 1. The molecule has 0 atom stereocenters. The van der Waals surface area contributed by atoms with E-state index in [0.29, 0.717) is 13.2 Å². The highest BCUT2D eigenvalue weighted by Gasteiger charge is 2.18. The van der Waals surface area contributed by atoms with Crippen LogP contribution in [0.25, 0.3) is 0 Å². The Morgan fingerprint density at radius 1 is 1.09 bits per heavy atom. The van der Waals surface area contributed by atoms with Gasteiger partial charge in [-0.05, 0) is 50.6 Å². The summed E-state index contributed by atoms with van der Waals surface area (Å²) in [5, 5.41) is 2.93. The van der Waals surface area contributed by atoms with E-state index in [4.69, 9.17) is 4.74 Å². The van der Waals surface area contributed by atoms with E-state index in [1.54, 1.807) is 0 Å². The summed E-state index contributed by atoms with van der Waals surface area (Å²) in [6.07, 6.45) is 0. The first-order valence-corrected chi connectivity index (χ1v) is 7.89. The van der Waals surface area contributed by atoms with Gasteiger partial charge in [-0.15, -0.1) is 0 Å². The molecule has 5 nitrogen and oxygen atoms in total. The Morgan fingerprint density at radius 2 is 1.73 bits per heavy atom. The SMILES string of the molecule is Cc1cc(C)c(OCCNC(=O)N2CCN(C)CC2)cc1C. The van der Waals surface area contributed by atoms with Crippen molar-refractivity contribution in [2.75, 3.05) is 46.4 Å². The first-order chi connectivity index (χ1) is 10.5. The Morgan fingerprint density at radius 3 is 2.41 bits per heavy atom. The maximum absolute atomic E-state index is 12.0. The van der Waals surface area contributed by atoms with E-state index in [-0.39, 0.29) is 6.03 Å². The predicted molar refractivity (Wildman–Crippen MR) is 88.6 cm³/mol. The molecule has 1 aromatic rings. The van der Waals surface area contributed by atoms with Gasteiger partial charge >= 0.3 is 6.03 Å².